The van der Waals surface area contributed by atoms with Crippen molar-refractivity contribution in [2.75, 3.05) is 18.4 Å². The molecule has 0 saturated heterocycles. The van der Waals surface area contributed by atoms with Gasteiger partial charge in [-0.2, -0.15) is 13.2 Å². The maximum absolute atomic E-state index is 13.4. The molecule has 2 heterocycles. The van der Waals surface area contributed by atoms with Crippen LogP contribution in [0.2, 0.25) is 0 Å². The van der Waals surface area contributed by atoms with Crippen LogP contribution in [0.4, 0.5) is 18.9 Å². The molecule has 29 heavy (non-hydrogen) atoms. The van der Waals surface area contributed by atoms with E-state index in [0.29, 0.717) is 31.0 Å². The van der Waals surface area contributed by atoms with Gasteiger partial charge in [0.1, 0.15) is 0 Å². The molecule has 0 saturated carbocycles. The predicted molar refractivity (Wildman–Crippen MR) is 113 cm³/mol. The van der Waals surface area contributed by atoms with Crippen molar-refractivity contribution in [1.29, 1.82) is 0 Å². The van der Waals surface area contributed by atoms with Gasteiger partial charge in [-0.05, 0) is 59.6 Å². The Morgan fingerprint density at radius 3 is 2.66 bits per heavy atom. The summed E-state index contributed by atoms with van der Waals surface area (Å²) in [4.78, 5) is 2.14. The highest BCUT2D eigenvalue weighted by Gasteiger charge is 2.35. The zero-order chi connectivity index (χ0) is 21.0. The molecule has 0 amide bonds. The summed E-state index contributed by atoms with van der Waals surface area (Å²) in [6, 6.07) is 11.1. The number of hydrogen-bond acceptors (Lipinski definition) is 2. The van der Waals surface area contributed by atoms with Crippen LogP contribution in [0.15, 0.2) is 36.4 Å². The number of halogens is 3. The quantitative estimate of drug-likeness (QED) is 0.620. The minimum Gasteiger partial charge on any atom is -0.385 e. The first-order chi connectivity index (χ1) is 14.0. The lowest BCUT2D eigenvalue weighted by Crippen LogP contribution is -2.32. The Morgan fingerprint density at radius 1 is 1.14 bits per heavy atom. The maximum atomic E-state index is 13.4. The first kappa shape index (κ1) is 21.7. The Balaban J connectivity index is 0.00000117. The summed E-state index contributed by atoms with van der Waals surface area (Å²) < 4.78 is 40.1. The van der Waals surface area contributed by atoms with Crippen molar-refractivity contribution in [3.05, 3.63) is 64.2 Å². The number of nitrogens with one attached hydrogen (secondary N) is 1. The van der Waals surface area contributed by atoms with E-state index in [1.807, 2.05) is 19.9 Å². The molecule has 5 heteroatoms. The normalized spacial score (nSPS) is 18.8. The molecule has 0 aliphatic carbocycles. The number of benzene rings is 2. The van der Waals surface area contributed by atoms with Gasteiger partial charge in [-0.3, -0.25) is 4.90 Å². The Bertz CT molecular complexity index is 829. The van der Waals surface area contributed by atoms with E-state index in [9.17, 15) is 13.2 Å². The third-order valence-electron chi connectivity index (χ3n) is 5.92. The van der Waals surface area contributed by atoms with Gasteiger partial charge in [0.25, 0.3) is 0 Å². The highest BCUT2D eigenvalue weighted by molar-refractivity contribution is 5.56. The molecule has 2 aliphatic rings. The summed E-state index contributed by atoms with van der Waals surface area (Å²) >= 11 is 0. The van der Waals surface area contributed by atoms with Crippen LogP contribution in [-0.2, 0) is 25.7 Å². The van der Waals surface area contributed by atoms with E-state index in [2.05, 4.69) is 35.3 Å². The van der Waals surface area contributed by atoms with Gasteiger partial charge < -0.3 is 5.32 Å². The van der Waals surface area contributed by atoms with Gasteiger partial charge in [-0.25, -0.2) is 0 Å². The Morgan fingerprint density at radius 2 is 1.93 bits per heavy atom. The lowest BCUT2D eigenvalue weighted by molar-refractivity contribution is -0.138. The topological polar surface area (TPSA) is 15.3 Å². The first-order valence-electron chi connectivity index (χ1n) is 10.7. The van der Waals surface area contributed by atoms with Crippen molar-refractivity contribution in [2.45, 2.75) is 65.2 Å². The number of anilines is 1. The van der Waals surface area contributed by atoms with Gasteiger partial charge in [0, 0.05) is 31.9 Å². The van der Waals surface area contributed by atoms with Crippen molar-refractivity contribution in [3.63, 3.8) is 0 Å². The smallest absolute Gasteiger partial charge is 0.385 e. The van der Waals surface area contributed by atoms with Crippen LogP contribution in [0.25, 0.3) is 0 Å². The fourth-order valence-corrected chi connectivity index (χ4v) is 4.47. The molecule has 4 rings (SSSR count). The highest BCUT2D eigenvalue weighted by Crippen LogP contribution is 2.37. The van der Waals surface area contributed by atoms with E-state index in [1.165, 1.54) is 28.9 Å². The molecular weight excluding hydrogens is 373 g/mol. The molecule has 0 fully saturated rings. The summed E-state index contributed by atoms with van der Waals surface area (Å²) in [5.74, 6) is 0.570. The molecule has 0 radical (unpaired) electrons. The molecule has 0 aromatic heterocycles. The van der Waals surface area contributed by atoms with Crippen LogP contribution in [0.3, 0.4) is 0 Å². The average molecular weight is 405 g/mol. The minimum atomic E-state index is -4.29. The van der Waals surface area contributed by atoms with Crippen molar-refractivity contribution in [2.24, 2.45) is 0 Å². The molecule has 1 unspecified atom stereocenters. The molecule has 2 aromatic rings. The zero-order valence-electron chi connectivity index (χ0n) is 17.6. The van der Waals surface area contributed by atoms with Crippen LogP contribution in [-0.4, -0.2) is 18.0 Å². The van der Waals surface area contributed by atoms with E-state index >= 15 is 0 Å². The summed E-state index contributed by atoms with van der Waals surface area (Å²) in [6.07, 6.45) is -1.37. The first-order valence-corrected chi connectivity index (χ1v) is 10.7. The largest absolute Gasteiger partial charge is 0.416 e. The molecule has 1 atom stereocenters. The molecular formula is C24H31F3N2. The van der Waals surface area contributed by atoms with E-state index < -0.39 is 11.7 Å². The van der Waals surface area contributed by atoms with E-state index in [0.717, 1.165) is 31.5 Å². The molecule has 1 N–H and O–H groups in total. The molecule has 2 aliphatic heterocycles. The Labute approximate surface area is 172 Å². The SMILES string of the molecule is CC.CCC1CCNc2ccc(CN3CCc4cccc(C(F)(F)F)c4C3)cc21. The van der Waals surface area contributed by atoms with E-state index in [4.69, 9.17) is 0 Å². The van der Waals surface area contributed by atoms with Gasteiger partial charge in [-0.15, -0.1) is 0 Å². The molecule has 158 valence electrons. The minimum absolute atomic E-state index is 0.359. The number of nitrogens with zero attached hydrogens (tertiary/aromatic N) is 1. The maximum Gasteiger partial charge on any atom is 0.416 e. The lowest BCUT2D eigenvalue weighted by atomic mass is 9.87. The summed E-state index contributed by atoms with van der Waals surface area (Å²) in [5.41, 5.74) is 4.55. The number of fused-ring (bicyclic) bond motifs is 2. The summed E-state index contributed by atoms with van der Waals surface area (Å²) in [7, 11) is 0. The van der Waals surface area contributed by atoms with Gasteiger partial charge >= 0.3 is 6.18 Å². The van der Waals surface area contributed by atoms with Gasteiger partial charge in [0.15, 0.2) is 0 Å². The second-order valence-corrected chi connectivity index (χ2v) is 7.64. The van der Waals surface area contributed by atoms with E-state index in [1.54, 1.807) is 0 Å². The van der Waals surface area contributed by atoms with Crippen LogP contribution in [0.5, 0.6) is 0 Å². The van der Waals surface area contributed by atoms with Crippen molar-refractivity contribution in [3.8, 4) is 0 Å². The van der Waals surface area contributed by atoms with Crippen molar-refractivity contribution in [1.82, 2.24) is 4.90 Å². The fourth-order valence-electron chi connectivity index (χ4n) is 4.47. The Hall–Kier alpha value is -2.01. The third kappa shape index (κ3) is 4.77. The van der Waals surface area contributed by atoms with Crippen LogP contribution in [0, 0.1) is 0 Å². The van der Waals surface area contributed by atoms with Crippen LogP contribution < -0.4 is 5.32 Å². The summed E-state index contributed by atoms with van der Waals surface area (Å²) in [6.45, 7) is 9.06. The predicted octanol–water partition coefficient (Wildman–Crippen LogP) is 6.60. The standard InChI is InChI=1S/C22H25F3N2.C2H6/c1-2-16-8-10-26-21-7-6-15(12-18(16)21)13-27-11-9-17-4-3-5-20(19(17)14-27)22(23,24)25;1-2/h3-7,12,16,26H,2,8-11,13-14H2,1H3;1-2H3. The third-order valence-corrected chi connectivity index (χ3v) is 5.92. The molecule has 0 bridgehead atoms. The number of hydrogen-bond donors (Lipinski definition) is 1. The van der Waals surface area contributed by atoms with Gasteiger partial charge in [0.05, 0.1) is 5.56 Å². The lowest BCUT2D eigenvalue weighted by Gasteiger charge is -2.31. The second kappa shape index (κ2) is 9.21. The highest BCUT2D eigenvalue weighted by atomic mass is 19.4. The van der Waals surface area contributed by atoms with Gasteiger partial charge in [0.2, 0.25) is 0 Å². The second-order valence-electron chi connectivity index (χ2n) is 7.64. The molecule has 0 spiro atoms. The summed E-state index contributed by atoms with van der Waals surface area (Å²) in [5, 5.41) is 3.46. The van der Waals surface area contributed by atoms with Crippen molar-refractivity contribution >= 4 is 5.69 Å². The van der Waals surface area contributed by atoms with Gasteiger partial charge in [-0.1, -0.05) is 45.0 Å². The number of alkyl halides is 3. The Kier molecular flexibility index (Phi) is 6.89. The monoisotopic (exact) mass is 404 g/mol. The zero-order valence-corrected chi connectivity index (χ0v) is 17.6. The fraction of sp³-hybridized carbons (Fsp3) is 0.500. The van der Waals surface area contributed by atoms with Crippen LogP contribution in [0.1, 0.15) is 67.3 Å². The van der Waals surface area contributed by atoms with Crippen LogP contribution >= 0.6 is 0 Å². The molecule has 2 aromatic carbocycles. The molecule has 2 nitrogen and oxygen atoms in total. The van der Waals surface area contributed by atoms with Crippen molar-refractivity contribution < 1.29 is 13.2 Å². The average Bonchev–Trinajstić information content (AvgIpc) is 2.73. The number of rotatable bonds is 3. The van der Waals surface area contributed by atoms with E-state index in [-0.39, 0.29) is 0 Å².